The predicted molar refractivity (Wildman–Crippen MR) is 94.8 cm³/mol. The highest BCUT2D eigenvalue weighted by Crippen LogP contribution is 2.24. The van der Waals surface area contributed by atoms with E-state index in [2.05, 4.69) is 11.7 Å². The maximum absolute atomic E-state index is 12.9. The standard InChI is InChI=1S/C16H26N4O4S/c1-6-7-20-12(3)15(11(2)17-20)16(22)19-8-13(14(21)9-19)10-25(23,24)18(4)5/h6,13-14,21H,1,7-10H2,2-5H3/t13-,14-/m0/s1. The third-order valence-corrected chi connectivity index (χ3v) is 6.53. The van der Waals surface area contributed by atoms with Crippen LogP contribution in [0.25, 0.3) is 0 Å². The summed E-state index contributed by atoms with van der Waals surface area (Å²) in [5.74, 6) is -0.909. The van der Waals surface area contributed by atoms with Crippen molar-refractivity contribution in [3.8, 4) is 0 Å². The van der Waals surface area contributed by atoms with Crippen LogP contribution in [-0.2, 0) is 16.6 Å². The Kier molecular flexibility index (Phi) is 5.70. The third kappa shape index (κ3) is 3.94. The Balaban J connectivity index is 2.19. The van der Waals surface area contributed by atoms with Crippen molar-refractivity contribution in [1.29, 1.82) is 0 Å². The molecule has 2 atom stereocenters. The summed E-state index contributed by atoms with van der Waals surface area (Å²) in [6.45, 7) is 8.09. The first-order valence-electron chi connectivity index (χ1n) is 8.11. The molecular weight excluding hydrogens is 344 g/mol. The number of rotatable bonds is 6. The summed E-state index contributed by atoms with van der Waals surface area (Å²) in [7, 11) is -0.523. The lowest BCUT2D eigenvalue weighted by Gasteiger charge is -2.18. The monoisotopic (exact) mass is 370 g/mol. The zero-order valence-corrected chi connectivity index (χ0v) is 16.0. The summed E-state index contributed by atoms with van der Waals surface area (Å²) in [6, 6.07) is 0. The van der Waals surface area contributed by atoms with E-state index in [4.69, 9.17) is 0 Å². The quantitative estimate of drug-likeness (QED) is 0.712. The molecule has 1 amide bonds. The van der Waals surface area contributed by atoms with Crippen molar-refractivity contribution < 1.29 is 18.3 Å². The number of sulfonamides is 1. The van der Waals surface area contributed by atoms with Gasteiger partial charge in [0.25, 0.3) is 5.91 Å². The highest BCUT2D eigenvalue weighted by molar-refractivity contribution is 7.89. The number of carbonyl (C=O) groups is 1. The topological polar surface area (TPSA) is 95.7 Å². The maximum Gasteiger partial charge on any atom is 0.257 e. The van der Waals surface area contributed by atoms with Crippen molar-refractivity contribution >= 4 is 15.9 Å². The minimum absolute atomic E-state index is 0.123. The summed E-state index contributed by atoms with van der Waals surface area (Å²) in [5, 5.41) is 14.6. The van der Waals surface area contributed by atoms with Crippen molar-refractivity contribution in [2.75, 3.05) is 32.9 Å². The van der Waals surface area contributed by atoms with Crippen LogP contribution in [0.15, 0.2) is 12.7 Å². The van der Waals surface area contributed by atoms with Gasteiger partial charge in [-0.05, 0) is 13.8 Å². The summed E-state index contributed by atoms with van der Waals surface area (Å²) in [6.07, 6.45) is 0.845. The normalized spacial score (nSPS) is 21.1. The molecule has 8 nitrogen and oxygen atoms in total. The number of aliphatic hydroxyl groups is 1. The number of aryl methyl sites for hydroxylation is 1. The van der Waals surface area contributed by atoms with Gasteiger partial charge in [0.1, 0.15) is 0 Å². The number of allylic oxidation sites excluding steroid dienone is 1. The largest absolute Gasteiger partial charge is 0.391 e. The lowest BCUT2D eigenvalue weighted by atomic mass is 10.1. The molecule has 2 rings (SSSR count). The first kappa shape index (κ1) is 19.6. The maximum atomic E-state index is 12.9. The van der Waals surface area contributed by atoms with Crippen molar-refractivity contribution in [2.45, 2.75) is 26.5 Å². The van der Waals surface area contributed by atoms with Crippen LogP contribution in [-0.4, -0.2) is 77.5 Å². The fraction of sp³-hybridized carbons (Fsp3) is 0.625. The van der Waals surface area contributed by atoms with E-state index < -0.39 is 22.0 Å². The van der Waals surface area contributed by atoms with Crippen LogP contribution >= 0.6 is 0 Å². The number of aromatic nitrogens is 2. The Hall–Kier alpha value is -1.71. The first-order valence-corrected chi connectivity index (χ1v) is 9.71. The second-order valence-electron chi connectivity index (χ2n) is 6.62. The van der Waals surface area contributed by atoms with E-state index in [0.717, 1.165) is 10.00 Å². The van der Waals surface area contributed by atoms with E-state index in [9.17, 15) is 18.3 Å². The van der Waals surface area contributed by atoms with Crippen LogP contribution in [0.2, 0.25) is 0 Å². The predicted octanol–water partition coefficient (Wildman–Crippen LogP) is 0.0102. The molecule has 0 aliphatic carbocycles. The Morgan fingerprint density at radius 3 is 2.60 bits per heavy atom. The van der Waals surface area contributed by atoms with Crippen molar-refractivity contribution in [3.63, 3.8) is 0 Å². The van der Waals surface area contributed by atoms with Crippen LogP contribution < -0.4 is 0 Å². The van der Waals surface area contributed by atoms with Crippen molar-refractivity contribution in [2.24, 2.45) is 5.92 Å². The molecule has 1 aliphatic rings. The van der Waals surface area contributed by atoms with E-state index in [1.807, 2.05) is 6.92 Å². The summed E-state index contributed by atoms with van der Waals surface area (Å²) < 4.78 is 26.9. The fourth-order valence-corrected chi connectivity index (χ4v) is 4.23. The molecule has 0 unspecified atom stereocenters. The molecule has 1 fully saturated rings. The summed E-state index contributed by atoms with van der Waals surface area (Å²) >= 11 is 0. The van der Waals surface area contributed by atoms with E-state index in [1.165, 1.54) is 19.0 Å². The number of hydrogen-bond donors (Lipinski definition) is 1. The zero-order valence-electron chi connectivity index (χ0n) is 15.1. The van der Waals surface area contributed by atoms with Gasteiger partial charge in [-0.25, -0.2) is 12.7 Å². The molecule has 0 bridgehead atoms. The number of β-amino-alcohol motifs (C(OH)–C–C–N with tert-alkyl or cyclic N) is 1. The van der Waals surface area contributed by atoms with E-state index in [0.29, 0.717) is 17.8 Å². The third-order valence-electron chi connectivity index (χ3n) is 4.57. The smallest absolute Gasteiger partial charge is 0.257 e. The van der Waals surface area contributed by atoms with Crippen LogP contribution in [0.5, 0.6) is 0 Å². The molecule has 1 aromatic rings. The van der Waals surface area contributed by atoms with Crippen LogP contribution in [0.3, 0.4) is 0 Å². The van der Waals surface area contributed by atoms with E-state index in [1.54, 1.807) is 17.7 Å². The highest BCUT2D eigenvalue weighted by atomic mass is 32.2. The minimum Gasteiger partial charge on any atom is -0.391 e. The average molecular weight is 370 g/mol. The van der Waals surface area contributed by atoms with Crippen molar-refractivity contribution in [1.82, 2.24) is 19.0 Å². The van der Waals surface area contributed by atoms with Crippen LogP contribution in [0.1, 0.15) is 21.7 Å². The lowest BCUT2D eigenvalue weighted by Crippen LogP contribution is -2.33. The van der Waals surface area contributed by atoms with Gasteiger partial charge in [0.15, 0.2) is 0 Å². The van der Waals surface area contributed by atoms with Gasteiger partial charge in [0.05, 0.1) is 29.7 Å². The molecule has 0 saturated carbocycles. The Labute approximate surface area is 148 Å². The summed E-state index contributed by atoms with van der Waals surface area (Å²) in [4.78, 5) is 14.4. The second kappa shape index (κ2) is 7.27. The molecule has 1 aliphatic heterocycles. The van der Waals surface area contributed by atoms with Gasteiger partial charge in [-0.3, -0.25) is 9.48 Å². The van der Waals surface area contributed by atoms with Gasteiger partial charge in [-0.1, -0.05) is 6.08 Å². The number of nitrogens with zero attached hydrogens (tertiary/aromatic N) is 4. The Morgan fingerprint density at radius 2 is 2.04 bits per heavy atom. The van der Waals surface area contributed by atoms with Crippen LogP contribution in [0.4, 0.5) is 0 Å². The summed E-state index contributed by atoms with van der Waals surface area (Å²) in [5.41, 5.74) is 1.86. The fourth-order valence-electron chi connectivity index (χ4n) is 3.07. The van der Waals surface area contributed by atoms with Crippen molar-refractivity contribution in [3.05, 3.63) is 29.6 Å². The van der Waals surface area contributed by atoms with Gasteiger partial charge >= 0.3 is 0 Å². The molecule has 0 spiro atoms. The molecular formula is C16H26N4O4S. The number of amides is 1. The molecule has 2 heterocycles. The number of hydrogen-bond acceptors (Lipinski definition) is 5. The number of likely N-dealkylation sites (tertiary alicyclic amines) is 1. The van der Waals surface area contributed by atoms with Gasteiger partial charge in [-0.2, -0.15) is 5.10 Å². The van der Waals surface area contributed by atoms with Gasteiger partial charge in [0.2, 0.25) is 10.0 Å². The zero-order chi connectivity index (χ0) is 18.9. The molecule has 0 radical (unpaired) electrons. The molecule has 25 heavy (non-hydrogen) atoms. The Bertz CT molecular complexity index is 769. The molecule has 9 heteroatoms. The minimum atomic E-state index is -3.44. The van der Waals surface area contributed by atoms with Crippen LogP contribution in [0, 0.1) is 19.8 Å². The van der Waals surface area contributed by atoms with E-state index >= 15 is 0 Å². The molecule has 1 saturated heterocycles. The SMILES string of the molecule is C=CCn1nc(C)c(C(=O)N2C[C@@H](CS(=O)(=O)N(C)C)[C@@H](O)C2)c1C. The molecule has 0 aromatic carbocycles. The number of carbonyl (C=O) groups excluding carboxylic acids is 1. The second-order valence-corrected chi connectivity index (χ2v) is 8.84. The average Bonchev–Trinajstić information content (AvgIpc) is 2.99. The highest BCUT2D eigenvalue weighted by Gasteiger charge is 2.38. The van der Waals surface area contributed by atoms with Gasteiger partial charge in [0, 0.05) is 38.8 Å². The van der Waals surface area contributed by atoms with E-state index in [-0.39, 0.29) is 24.7 Å². The van der Waals surface area contributed by atoms with Gasteiger partial charge in [-0.15, -0.1) is 6.58 Å². The Morgan fingerprint density at radius 1 is 1.40 bits per heavy atom. The first-order chi connectivity index (χ1) is 11.6. The molecule has 140 valence electrons. The molecule has 1 N–H and O–H groups in total. The van der Waals surface area contributed by atoms with Gasteiger partial charge < -0.3 is 10.0 Å². The number of aliphatic hydroxyl groups excluding tert-OH is 1. The molecule has 1 aromatic heterocycles. The lowest BCUT2D eigenvalue weighted by molar-refractivity contribution is 0.0763.